The lowest BCUT2D eigenvalue weighted by Gasteiger charge is -1.96. The Morgan fingerprint density at radius 3 is 1.76 bits per heavy atom. The van der Waals surface area contributed by atoms with E-state index in [1.807, 2.05) is 13.8 Å². The number of carbonyl (C=O) groups is 1. The smallest absolute Gasteiger partial charge is 0.302 e. The van der Waals surface area contributed by atoms with Crippen LogP contribution in [0.25, 0.3) is 0 Å². The molecule has 4 heteroatoms. The van der Waals surface area contributed by atoms with Gasteiger partial charge in [0, 0.05) is 26.2 Å². The Balaban J connectivity index is -0.000000188. The van der Waals surface area contributed by atoms with Crippen LogP contribution in [0.5, 0.6) is 0 Å². The van der Waals surface area contributed by atoms with Gasteiger partial charge >= 0.3 is 5.97 Å². The molecule has 0 aliphatic heterocycles. The number of aliphatic hydroxyl groups is 1. The van der Waals surface area contributed by atoms with Crippen LogP contribution in [-0.4, -0.2) is 37.0 Å². The van der Waals surface area contributed by atoms with Crippen molar-refractivity contribution >= 4 is 5.97 Å². The Bertz CT molecular complexity index is 131. The SMILES string of the molecule is CC(C)O.CCCCOC(C)=O.CCOCC. The molecular formula is C13H30O4. The molecule has 0 saturated heterocycles. The molecule has 0 aromatic rings. The molecule has 0 saturated carbocycles. The van der Waals surface area contributed by atoms with Crippen molar-refractivity contribution in [3.63, 3.8) is 0 Å². The van der Waals surface area contributed by atoms with Gasteiger partial charge in [0.05, 0.1) is 6.61 Å². The van der Waals surface area contributed by atoms with Crippen LogP contribution >= 0.6 is 0 Å². The van der Waals surface area contributed by atoms with E-state index < -0.39 is 0 Å². The number of hydrogen-bond donors (Lipinski definition) is 1. The molecule has 0 atom stereocenters. The number of aliphatic hydroxyl groups excluding tert-OH is 1. The molecule has 0 rings (SSSR count). The van der Waals surface area contributed by atoms with Gasteiger partial charge in [-0.3, -0.25) is 4.79 Å². The first-order valence-electron chi connectivity index (χ1n) is 6.31. The van der Waals surface area contributed by atoms with Gasteiger partial charge in [0.1, 0.15) is 0 Å². The number of carbonyl (C=O) groups excluding carboxylic acids is 1. The van der Waals surface area contributed by atoms with Crippen molar-refractivity contribution in [2.75, 3.05) is 19.8 Å². The summed E-state index contributed by atoms with van der Waals surface area (Å²) in [5.74, 6) is -0.182. The maximum atomic E-state index is 10.1. The van der Waals surface area contributed by atoms with Crippen molar-refractivity contribution in [1.82, 2.24) is 0 Å². The molecule has 0 amide bonds. The zero-order valence-electron chi connectivity index (χ0n) is 12.3. The molecule has 0 radical (unpaired) electrons. The third-order valence-electron chi connectivity index (χ3n) is 1.21. The second-order valence-electron chi connectivity index (χ2n) is 3.57. The predicted octanol–water partition coefficient (Wildman–Crippen LogP) is 2.78. The summed E-state index contributed by atoms with van der Waals surface area (Å²) in [6, 6.07) is 0. The zero-order valence-corrected chi connectivity index (χ0v) is 12.3. The van der Waals surface area contributed by atoms with E-state index in [-0.39, 0.29) is 12.1 Å². The maximum absolute atomic E-state index is 10.1. The molecular weight excluding hydrogens is 220 g/mol. The van der Waals surface area contributed by atoms with Crippen LogP contribution in [0.1, 0.15) is 54.4 Å². The molecule has 0 bridgehead atoms. The summed E-state index contributed by atoms with van der Waals surface area (Å²) in [7, 11) is 0. The summed E-state index contributed by atoms with van der Waals surface area (Å²) >= 11 is 0. The van der Waals surface area contributed by atoms with Gasteiger partial charge in [0.25, 0.3) is 0 Å². The first-order valence-corrected chi connectivity index (χ1v) is 6.31. The summed E-state index contributed by atoms with van der Waals surface area (Å²) in [5, 5.41) is 8.06. The number of ether oxygens (including phenoxy) is 2. The van der Waals surface area contributed by atoms with Crippen LogP contribution in [0.4, 0.5) is 0 Å². The number of unbranched alkanes of at least 4 members (excludes halogenated alkanes) is 1. The molecule has 0 aromatic heterocycles. The van der Waals surface area contributed by atoms with Gasteiger partial charge in [-0.25, -0.2) is 0 Å². The molecule has 17 heavy (non-hydrogen) atoms. The normalized spacial score (nSPS) is 8.71. The highest BCUT2D eigenvalue weighted by atomic mass is 16.5. The Kier molecular flexibility index (Phi) is 26.4. The lowest BCUT2D eigenvalue weighted by atomic mass is 10.4. The minimum absolute atomic E-state index is 0.167. The predicted molar refractivity (Wildman–Crippen MR) is 71.1 cm³/mol. The fraction of sp³-hybridized carbons (Fsp3) is 0.923. The molecule has 1 N–H and O–H groups in total. The highest BCUT2D eigenvalue weighted by Gasteiger charge is 1.88. The van der Waals surface area contributed by atoms with E-state index >= 15 is 0 Å². The van der Waals surface area contributed by atoms with E-state index in [1.165, 1.54) is 6.92 Å². The average molecular weight is 250 g/mol. The highest BCUT2D eigenvalue weighted by Crippen LogP contribution is 1.86. The van der Waals surface area contributed by atoms with Crippen LogP contribution in [-0.2, 0) is 14.3 Å². The average Bonchev–Trinajstić information content (AvgIpc) is 2.19. The number of esters is 1. The standard InChI is InChI=1S/C6H12O2.C4H10O.C3H8O/c1-3-4-5-8-6(2)7;1-3-5-4-2;1-3(2)4/h3-5H2,1-2H3;3-4H2,1-2H3;3-4H,1-2H3. The lowest BCUT2D eigenvalue weighted by molar-refractivity contribution is -0.141. The highest BCUT2D eigenvalue weighted by molar-refractivity contribution is 5.65. The van der Waals surface area contributed by atoms with Crippen LogP contribution in [0.2, 0.25) is 0 Å². The van der Waals surface area contributed by atoms with Gasteiger partial charge in [0.15, 0.2) is 0 Å². The molecule has 0 heterocycles. The van der Waals surface area contributed by atoms with Gasteiger partial charge in [-0.1, -0.05) is 13.3 Å². The Hall–Kier alpha value is -0.610. The van der Waals surface area contributed by atoms with Gasteiger partial charge in [-0.15, -0.1) is 0 Å². The Morgan fingerprint density at radius 1 is 1.18 bits per heavy atom. The fourth-order valence-corrected chi connectivity index (χ4v) is 0.564. The van der Waals surface area contributed by atoms with Crippen molar-refractivity contribution in [1.29, 1.82) is 0 Å². The van der Waals surface area contributed by atoms with Gasteiger partial charge < -0.3 is 14.6 Å². The van der Waals surface area contributed by atoms with Gasteiger partial charge in [-0.05, 0) is 34.1 Å². The van der Waals surface area contributed by atoms with E-state index in [9.17, 15) is 4.79 Å². The van der Waals surface area contributed by atoms with Gasteiger partial charge in [-0.2, -0.15) is 0 Å². The summed E-state index contributed by atoms with van der Waals surface area (Å²) in [6.07, 6.45) is 1.88. The minimum atomic E-state index is -0.182. The topological polar surface area (TPSA) is 55.8 Å². The quantitative estimate of drug-likeness (QED) is 0.602. The Morgan fingerprint density at radius 2 is 1.59 bits per heavy atom. The van der Waals surface area contributed by atoms with E-state index in [1.54, 1.807) is 13.8 Å². The summed E-state index contributed by atoms with van der Waals surface area (Å²) in [4.78, 5) is 10.1. The number of rotatable bonds is 5. The maximum Gasteiger partial charge on any atom is 0.302 e. The molecule has 0 aromatic carbocycles. The summed E-state index contributed by atoms with van der Waals surface area (Å²) in [5.41, 5.74) is 0. The van der Waals surface area contributed by atoms with Crippen molar-refractivity contribution in [3.8, 4) is 0 Å². The van der Waals surface area contributed by atoms with E-state index in [2.05, 4.69) is 11.7 Å². The summed E-state index contributed by atoms with van der Waals surface area (Å²) in [6.45, 7) is 13.2. The van der Waals surface area contributed by atoms with E-state index in [0.29, 0.717) is 6.61 Å². The molecule has 0 unspecified atom stereocenters. The van der Waals surface area contributed by atoms with Crippen LogP contribution in [0.15, 0.2) is 0 Å². The second-order valence-corrected chi connectivity index (χ2v) is 3.57. The second kappa shape index (κ2) is 20.8. The molecule has 0 spiro atoms. The third kappa shape index (κ3) is 67.6. The van der Waals surface area contributed by atoms with Crippen molar-refractivity contribution < 1.29 is 19.4 Å². The van der Waals surface area contributed by atoms with Crippen molar-refractivity contribution in [3.05, 3.63) is 0 Å². The largest absolute Gasteiger partial charge is 0.466 e. The molecule has 4 nitrogen and oxygen atoms in total. The monoisotopic (exact) mass is 250 g/mol. The summed E-state index contributed by atoms with van der Waals surface area (Å²) < 4.78 is 9.48. The molecule has 0 fully saturated rings. The lowest BCUT2D eigenvalue weighted by Crippen LogP contribution is -1.99. The van der Waals surface area contributed by atoms with Crippen molar-refractivity contribution in [2.45, 2.75) is 60.5 Å². The van der Waals surface area contributed by atoms with Gasteiger partial charge in [0.2, 0.25) is 0 Å². The molecule has 0 aliphatic rings. The fourth-order valence-electron chi connectivity index (χ4n) is 0.564. The Labute approximate surface area is 106 Å². The zero-order chi connectivity index (χ0) is 14.1. The van der Waals surface area contributed by atoms with E-state index in [4.69, 9.17) is 9.84 Å². The minimum Gasteiger partial charge on any atom is -0.466 e. The van der Waals surface area contributed by atoms with Crippen molar-refractivity contribution in [2.24, 2.45) is 0 Å². The third-order valence-corrected chi connectivity index (χ3v) is 1.21. The van der Waals surface area contributed by atoms with Crippen LogP contribution < -0.4 is 0 Å². The molecule has 0 aliphatic carbocycles. The first-order chi connectivity index (χ1) is 7.92. The molecule has 106 valence electrons. The van der Waals surface area contributed by atoms with Crippen LogP contribution in [0.3, 0.4) is 0 Å². The van der Waals surface area contributed by atoms with Crippen LogP contribution in [0, 0.1) is 0 Å². The van der Waals surface area contributed by atoms with E-state index in [0.717, 1.165) is 26.1 Å². The number of hydrogen-bond acceptors (Lipinski definition) is 4. The first kappa shape index (κ1) is 21.7.